The second-order valence-electron chi connectivity index (χ2n) is 8.89. The highest BCUT2D eigenvalue weighted by Gasteiger charge is 2.48. The smallest absolute Gasteiger partial charge is 0.262 e. The number of anilines is 2. The largest absolute Gasteiger partial charge is 0.373 e. The highest BCUT2D eigenvalue weighted by Crippen LogP contribution is 2.35. The Morgan fingerprint density at radius 3 is 2.75 bits per heavy atom. The predicted octanol–water partition coefficient (Wildman–Crippen LogP) is 2.27. The first-order chi connectivity index (χ1) is 17.4. The Balaban J connectivity index is 1.26. The van der Waals surface area contributed by atoms with Crippen molar-refractivity contribution in [1.29, 1.82) is 0 Å². The van der Waals surface area contributed by atoms with Gasteiger partial charge in [0.2, 0.25) is 11.5 Å². The molecular weight excluding hydrogens is 464 g/mol. The zero-order chi connectivity index (χ0) is 24.9. The van der Waals surface area contributed by atoms with Crippen molar-refractivity contribution in [2.24, 2.45) is 0 Å². The Morgan fingerprint density at radius 1 is 1.14 bits per heavy atom. The molecule has 1 amide bonds. The lowest BCUT2D eigenvalue weighted by atomic mass is 9.98. The number of pyridine rings is 1. The van der Waals surface area contributed by atoms with Crippen molar-refractivity contribution in [2.45, 2.75) is 31.6 Å². The van der Waals surface area contributed by atoms with Crippen molar-refractivity contribution < 1.29 is 19.2 Å². The molecule has 0 unspecified atom stereocenters. The molecule has 0 radical (unpaired) electrons. The maximum Gasteiger partial charge on any atom is 0.262 e. The van der Waals surface area contributed by atoms with E-state index in [0.29, 0.717) is 48.4 Å². The Morgan fingerprint density at radius 2 is 1.94 bits per heavy atom. The summed E-state index contributed by atoms with van der Waals surface area (Å²) in [5.74, 6) is 0.104. The van der Waals surface area contributed by atoms with E-state index in [2.05, 4.69) is 30.5 Å². The number of rotatable bonds is 5. The molecule has 1 fully saturated rings. The summed E-state index contributed by atoms with van der Waals surface area (Å²) in [6, 6.07) is 8.76. The molecular formula is C24H24N8O4. The number of fused-ring (bicyclic) bond motifs is 1. The summed E-state index contributed by atoms with van der Waals surface area (Å²) in [6.07, 6.45) is 3.56. The average molecular weight is 489 g/mol. The molecule has 0 spiro atoms. The lowest BCUT2D eigenvalue weighted by Gasteiger charge is -2.22. The highest BCUT2D eigenvalue weighted by atomic mass is 16.5. The van der Waals surface area contributed by atoms with Crippen LogP contribution in [0.25, 0.3) is 22.8 Å². The van der Waals surface area contributed by atoms with E-state index in [0.717, 1.165) is 11.4 Å². The minimum atomic E-state index is -1.71. The van der Waals surface area contributed by atoms with Gasteiger partial charge in [0.15, 0.2) is 5.76 Å². The maximum atomic E-state index is 12.4. The highest BCUT2D eigenvalue weighted by molar-refractivity contribution is 5.87. The first kappa shape index (κ1) is 22.3. The molecule has 6 rings (SSSR count). The van der Waals surface area contributed by atoms with Crippen LogP contribution in [-0.2, 0) is 21.7 Å². The van der Waals surface area contributed by atoms with E-state index in [1.54, 1.807) is 37.6 Å². The third kappa shape index (κ3) is 3.71. The Kier molecular flexibility index (Phi) is 5.27. The molecule has 12 nitrogen and oxygen atoms in total. The number of aromatic nitrogens is 6. The molecule has 12 heteroatoms. The first-order valence-corrected chi connectivity index (χ1v) is 11.6. The van der Waals surface area contributed by atoms with E-state index in [1.807, 2.05) is 23.7 Å². The summed E-state index contributed by atoms with van der Waals surface area (Å²) >= 11 is 0. The number of hydrogen-bond acceptors (Lipinski definition) is 10. The van der Waals surface area contributed by atoms with Crippen LogP contribution in [-0.4, -0.2) is 66.0 Å². The van der Waals surface area contributed by atoms with E-state index in [1.165, 1.54) is 4.90 Å². The molecule has 0 bridgehead atoms. The Labute approximate surface area is 205 Å². The molecule has 4 aromatic rings. The van der Waals surface area contributed by atoms with Crippen LogP contribution in [0.1, 0.15) is 30.9 Å². The number of ether oxygens (including phenoxy) is 1. The number of likely N-dealkylation sites (tertiary alicyclic amines) is 1. The minimum absolute atomic E-state index is 0.0874. The van der Waals surface area contributed by atoms with Gasteiger partial charge in [-0.25, -0.2) is 15.0 Å². The summed E-state index contributed by atoms with van der Waals surface area (Å²) in [6.45, 7) is 3.75. The molecule has 0 aromatic carbocycles. The zero-order valence-electron chi connectivity index (χ0n) is 19.7. The summed E-state index contributed by atoms with van der Waals surface area (Å²) in [7, 11) is 1.64. The summed E-state index contributed by atoms with van der Waals surface area (Å²) in [5, 5.41) is 22.6. The molecule has 6 heterocycles. The average Bonchev–Trinajstić information content (AvgIpc) is 3.61. The fourth-order valence-electron chi connectivity index (χ4n) is 4.57. The number of nitrogens with zero attached hydrogens (tertiary/aromatic N) is 7. The number of nitrogens with one attached hydrogen (secondary N) is 1. The Hall–Kier alpha value is -4.16. The fourth-order valence-corrected chi connectivity index (χ4v) is 4.57. The lowest BCUT2D eigenvalue weighted by Crippen LogP contribution is -2.35. The number of carbonyl (C=O) groups excluding carboxylic acids is 1. The van der Waals surface area contributed by atoms with Crippen molar-refractivity contribution in [2.75, 3.05) is 25.5 Å². The van der Waals surface area contributed by atoms with E-state index in [9.17, 15) is 9.90 Å². The number of aliphatic hydroxyl groups is 1. The van der Waals surface area contributed by atoms with E-state index in [4.69, 9.17) is 9.26 Å². The van der Waals surface area contributed by atoms with Gasteiger partial charge in [0.25, 0.3) is 5.91 Å². The first-order valence-electron chi connectivity index (χ1n) is 11.6. The zero-order valence-corrected chi connectivity index (χ0v) is 19.7. The van der Waals surface area contributed by atoms with Crippen molar-refractivity contribution in [3.05, 3.63) is 54.2 Å². The third-order valence-corrected chi connectivity index (χ3v) is 6.54. The van der Waals surface area contributed by atoms with Crippen LogP contribution < -0.4 is 5.32 Å². The molecule has 2 N–H and O–H groups in total. The molecule has 184 valence electrons. The van der Waals surface area contributed by atoms with Crippen molar-refractivity contribution in [3.8, 4) is 22.8 Å². The van der Waals surface area contributed by atoms with Gasteiger partial charge in [-0.1, -0.05) is 11.2 Å². The van der Waals surface area contributed by atoms with Gasteiger partial charge in [0, 0.05) is 32.3 Å². The molecule has 1 saturated heterocycles. The molecule has 36 heavy (non-hydrogen) atoms. The van der Waals surface area contributed by atoms with E-state index in [-0.39, 0.29) is 18.3 Å². The van der Waals surface area contributed by atoms with Crippen LogP contribution in [0, 0.1) is 0 Å². The van der Waals surface area contributed by atoms with Gasteiger partial charge in [-0.2, -0.15) is 5.10 Å². The number of likely N-dealkylation sites (N-methyl/N-ethyl adjacent to an activating group) is 1. The van der Waals surface area contributed by atoms with Crippen molar-refractivity contribution in [1.82, 2.24) is 34.8 Å². The van der Waals surface area contributed by atoms with Gasteiger partial charge in [-0.3, -0.25) is 9.48 Å². The summed E-state index contributed by atoms with van der Waals surface area (Å²) in [5.41, 5.74) is 2.18. The van der Waals surface area contributed by atoms with Crippen molar-refractivity contribution in [3.63, 3.8) is 0 Å². The SMILES string of the molecule is C[C@@H]1OCCn2ncc(Nc3nccc(-c4cccc(-c5cc([C@]6(O)CCN(C)C6=O)on5)n4)n3)c21. The predicted molar refractivity (Wildman–Crippen MR) is 127 cm³/mol. The molecule has 0 aliphatic carbocycles. The van der Waals surface area contributed by atoms with Crippen LogP contribution in [0.15, 0.2) is 47.2 Å². The van der Waals surface area contributed by atoms with E-state index >= 15 is 0 Å². The molecule has 2 aliphatic rings. The second kappa shape index (κ2) is 8.50. The summed E-state index contributed by atoms with van der Waals surface area (Å²) in [4.78, 5) is 27.5. The van der Waals surface area contributed by atoms with Crippen LogP contribution in [0.3, 0.4) is 0 Å². The monoisotopic (exact) mass is 488 g/mol. The lowest BCUT2D eigenvalue weighted by molar-refractivity contribution is -0.144. The second-order valence-corrected chi connectivity index (χ2v) is 8.89. The molecule has 4 aromatic heterocycles. The van der Waals surface area contributed by atoms with Gasteiger partial charge in [-0.05, 0) is 25.1 Å². The number of hydrogen-bond donors (Lipinski definition) is 2. The van der Waals surface area contributed by atoms with E-state index < -0.39 is 11.5 Å². The van der Waals surface area contributed by atoms with Crippen LogP contribution in [0.2, 0.25) is 0 Å². The van der Waals surface area contributed by atoms with Crippen molar-refractivity contribution >= 4 is 17.5 Å². The number of carbonyl (C=O) groups is 1. The molecule has 2 atom stereocenters. The standard InChI is InChI=1S/C24H24N8O4/c1-14-21-19(13-26-32(21)10-11-35-14)29-23-25-8-6-17(28-23)15-4-3-5-16(27-15)18-12-20(36-30-18)24(34)7-9-31(2)22(24)33/h3-6,8,12-14,34H,7,9-11H2,1-2H3,(H,25,28,29)/t14-,24+/m0/s1. The third-order valence-electron chi connectivity index (χ3n) is 6.54. The van der Waals surface area contributed by atoms with Crippen LogP contribution in [0.5, 0.6) is 0 Å². The maximum absolute atomic E-state index is 12.4. The number of amides is 1. The van der Waals surface area contributed by atoms with Gasteiger partial charge >= 0.3 is 0 Å². The molecule has 0 saturated carbocycles. The minimum Gasteiger partial charge on any atom is -0.373 e. The fraction of sp³-hybridized carbons (Fsp3) is 0.333. The van der Waals surface area contributed by atoms with Gasteiger partial charge in [-0.15, -0.1) is 0 Å². The van der Waals surface area contributed by atoms with Gasteiger partial charge < -0.3 is 24.6 Å². The van der Waals surface area contributed by atoms with Crippen LogP contribution in [0.4, 0.5) is 11.6 Å². The molecule has 2 aliphatic heterocycles. The van der Waals surface area contributed by atoms with Gasteiger partial charge in [0.05, 0.1) is 53.9 Å². The topological polar surface area (TPSA) is 144 Å². The Bertz CT molecular complexity index is 1450. The quantitative estimate of drug-likeness (QED) is 0.429. The van der Waals surface area contributed by atoms with Gasteiger partial charge in [0.1, 0.15) is 5.69 Å². The van der Waals surface area contributed by atoms with Crippen LogP contribution >= 0.6 is 0 Å². The normalized spacial score (nSPS) is 21.6. The summed E-state index contributed by atoms with van der Waals surface area (Å²) < 4.78 is 13.0.